The van der Waals surface area contributed by atoms with E-state index in [-0.39, 0.29) is 4.47 Å². The molecule has 1 aliphatic heterocycles. The molecular formula is C18H16BrF3N4O4S2. The van der Waals surface area contributed by atoms with Crippen molar-refractivity contribution in [2.45, 2.75) is 40.9 Å². The minimum atomic E-state index is -4.62. The quantitative estimate of drug-likeness (QED) is 0.442. The molecule has 0 saturated carbocycles. The molecule has 1 fully saturated rings. The third-order valence-electron chi connectivity index (χ3n) is 4.82. The van der Waals surface area contributed by atoms with Crippen LogP contribution in [-0.4, -0.2) is 65.7 Å². The first-order chi connectivity index (χ1) is 15.2. The number of aliphatic hydroxyl groups excluding tert-OH is 3. The highest BCUT2D eigenvalue weighted by Gasteiger charge is 2.46. The summed E-state index contributed by atoms with van der Waals surface area (Å²) in [6.45, 7) is -0.539. The Hall–Kier alpha value is -1.55. The average molecular weight is 553 g/mol. The molecule has 0 aliphatic carbocycles. The molecule has 8 nitrogen and oxygen atoms in total. The van der Waals surface area contributed by atoms with Crippen molar-refractivity contribution >= 4 is 39.0 Å². The lowest BCUT2D eigenvalue weighted by Crippen LogP contribution is -2.55. The van der Waals surface area contributed by atoms with Crippen molar-refractivity contribution in [1.29, 1.82) is 0 Å². The molecular weight excluding hydrogens is 537 g/mol. The van der Waals surface area contributed by atoms with Crippen molar-refractivity contribution in [3.63, 3.8) is 0 Å². The van der Waals surface area contributed by atoms with Gasteiger partial charge in [-0.25, -0.2) is 9.67 Å². The van der Waals surface area contributed by atoms with E-state index < -0.39 is 48.3 Å². The molecule has 0 spiro atoms. The van der Waals surface area contributed by atoms with Crippen LogP contribution in [0.15, 0.2) is 44.7 Å². The van der Waals surface area contributed by atoms with E-state index in [1.54, 1.807) is 6.20 Å². The summed E-state index contributed by atoms with van der Waals surface area (Å²) in [4.78, 5) is 3.74. The van der Waals surface area contributed by atoms with Crippen molar-refractivity contribution in [3.05, 3.63) is 45.5 Å². The Balaban J connectivity index is 1.59. The number of aliphatic hydroxyl groups is 3. The predicted octanol–water partition coefficient (Wildman–Crippen LogP) is 2.96. The maximum absolute atomic E-state index is 12.9. The van der Waals surface area contributed by atoms with Crippen LogP contribution < -0.4 is 0 Å². The summed E-state index contributed by atoms with van der Waals surface area (Å²) in [7, 11) is 0. The standard InChI is InChI=1S/C18H16BrF3N4O4S2/c19-10-3-9(4-23-16(10)18(20,21)22)32-17-15(29)13(14(28)12(6-27)30-17)26-5-11(24-25-26)8-1-2-31-7-8/h1-5,7,12-15,17,27-29H,6H2/t12-,13+,14+,15-,17-/m1/s1. The highest BCUT2D eigenvalue weighted by atomic mass is 79.9. The summed E-state index contributed by atoms with van der Waals surface area (Å²) >= 11 is 5.26. The van der Waals surface area contributed by atoms with E-state index in [1.807, 2.05) is 16.8 Å². The molecule has 32 heavy (non-hydrogen) atoms. The number of thiophene rings is 1. The van der Waals surface area contributed by atoms with Crippen LogP contribution in [0.1, 0.15) is 11.7 Å². The van der Waals surface area contributed by atoms with Gasteiger partial charge in [-0.3, -0.25) is 0 Å². The molecule has 3 N–H and O–H groups in total. The first-order valence-corrected chi connectivity index (χ1v) is 11.8. The lowest BCUT2D eigenvalue weighted by molar-refractivity contribution is -0.178. The van der Waals surface area contributed by atoms with Gasteiger partial charge in [-0.15, -0.1) is 5.10 Å². The minimum absolute atomic E-state index is 0.257. The Morgan fingerprint density at radius 3 is 2.69 bits per heavy atom. The molecule has 4 rings (SSSR count). The number of pyridine rings is 1. The van der Waals surface area contributed by atoms with Crippen LogP contribution in [0.25, 0.3) is 11.3 Å². The molecule has 0 amide bonds. The molecule has 0 radical (unpaired) electrons. The van der Waals surface area contributed by atoms with Gasteiger partial charge >= 0.3 is 6.18 Å². The van der Waals surface area contributed by atoms with E-state index in [2.05, 4.69) is 31.2 Å². The van der Waals surface area contributed by atoms with Crippen molar-refractivity contribution < 1.29 is 33.2 Å². The summed E-state index contributed by atoms with van der Waals surface area (Å²) in [6, 6.07) is 2.05. The predicted molar refractivity (Wildman–Crippen MR) is 113 cm³/mol. The van der Waals surface area contributed by atoms with E-state index in [0.717, 1.165) is 23.5 Å². The smallest absolute Gasteiger partial charge is 0.394 e. The second-order valence-electron chi connectivity index (χ2n) is 6.91. The molecule has 3 aromatic heterocycles. The highest BCUT2D eigenvalue weighted by molar-refractivity contribution is 9.10. The highest BCUT2D eigenvalue weighted by Crippen LogP contribution is 2.40. The summed E-state index contributed by atoms with van der Waals surface area (Å²) in [5.74, 6) is 0. The summed E-state index contributed by atoms with van der Waals surface area (Å²) in [5, 5.41) is 43.1. The fourth-order valence-corrected chi connectivity index (χ4v) is 5.71. The molecule has 1 aliphatic rings. The van der Waals surface area contributed by atoms with Gasteiger partial charge in [0.05, 0.1) is 12.8 Å². The van der Waals surface area contributed by atoms with Crippen LogP contribution in [0.2, 0.25) is 0 Å². The summed E-state index contributed by atoms with van der Waals surface area (Å²) in [6.07, 6.45) is -5.71. The second-order valence-corrected chi connectivity index (χ2v) is 9.72. The minimum Gasteiger partial charge on any atom is -0.394 e. The normalized spacial score (nSPS) is 26.4. The number of halogens is 4. The van der Waals surface area contributed by atoms with Gasteiger partial charge in [-0.05, 0) is 33.4 Å². The van der Waals surface area contributed by atoms with Gasteiger partial charge < -0.3 is 20.1 Å². The number of hydrogen-bond acceptors (Lipinski definition) is 9. The topological polar surface area (TPSA) is 114 Å². The Bertz CT molecular complexity index is 1070. The lowest BCUT2D eigenvalue weighted by atomic mass is 9.97. The average Bonchev–Trinajstić information content (AvgIpc) is 3.41. The number of aromatic nitrogens is 4. The molecule has 172 valence electrons. The number of thioether (sulfide) groups is 1. The van der Waals surface area contributed by atoms with Gasteiger partial charge in [0.1, 0.15) is 35.5 Å². The fourth-order valence-electron chi connectivity index (χ4n) is 3.27. The Kier molecular flexibility index (Phi) is 6.91. The Morgan fingerprint density at radius 2 is 2.06 bits per heavy atom. The van der Waals surface area contributed by atoms with E-state index in [4.69, 9.17) is 4.74 Å². The van der Waals surface area contributed by atoms with E-state index in [0.29, 0.717) is 10.6 Å². The van der Waals surface area contributed by atoms with Crippen LogP contribution in [0.3, 0.4) is 0 Å². The monoisotopic (exact) mass is 552 g/mol. The van der Waals surface area contributed by atoms with Crippen molar-refractivity contribution in [2.24, 2.45) is 0 Å². The zero-order valence-electron chi connectivity index (χ0n) is 15.9. The number of hydrogen-bond donors (Lipinski definition) is 3. The molecule has 4 heterocycles. The second kappa shape index (κ2) is 9.37. The maximum atomic E-state index is 12.9. The fraction of sp³-hybridized carbons (Fsp3) is 0.389. The Morgan fingerprint density at radius 1 is 1.28 bits per heavy atom. The van der Waals surface area contributed by atoms with Crippen LogP contribution in [0.4, 0.5) is 13.2 Å². The van der Waals surface area contributed by atoms with Crippen molar-refractivity contribution in [1.82, 2.24) is 20.0 Å². The van der Waals surface area contributed by atoms with Crippen LogP contribution in [0, 0.1) is 0 Å². The van der Waals surface area contributed by atoms with Crippen LogP contribution >= 0.6 is 39.0 Å². The van der Waals surface area contributed by atoms with E-state index >= 15 is 0 Å². The molecule has 5 atom stereocenters. The van der Waals surface area contributed by atoms with Gasteiger partial charge in [0.15, 0.2) is 5.69 Å². The zero-order chi connectivity index (χ0) is 23.0. The van der Waals surface area contributed by atoms with Gasteiger partial charge in [-0.1, -0.05) is 17.0 Å². The first-order valence-electron chi connectivity index (χ1n) is 9.15. The molecule has 0 unspecified atom stereocenters. The molecule has 3 aromatic rings. The number of alkyl halides is 3. The first kappa shape index (κ1) is 23.6. The van der Waals surface area contributed by atoms with Crippen molar-refractivity contribution in [2.75, 3.05) is 6.61 Å². The van der Waals surface area contributed by atoms with E-state index in [9.17, 15) is 28.5 Å². The number of rotatable bonds is 5. The molecule has 0 aromatic carbocycles. The van der Waals surface area contributed by atoms with Crippen LogP contribution in [0.5, 0.6) is 0 Å². The lowest BCUT2D eigenvalue weighted by Gasteiger charge is -2.41. The summed E-state index contributed by atoms with van der Waals surface area (Å²) in [5.41, 5.74) is -0.739. The third-order valence-corrected chi connectivity index (χ3v) is 7.22. The van der Waals surface area contributed by atoms with E-state index in [1.165, 1.54) is 22.1 Å². The third kappa shape index (κ3) is 4.71. The Labute approximate surface area is 196 Å². The zero-order valence-corrected chi connectivity index (χ0v) is 19.1. The SMILES string of the molecule is OC[C@H]1O[C@H](Sc2cnc(C(F)(F)F)c(Br)c2)[C@H](O)[C@@H](n2cc(-c3ccsc3)nn2)[C@H]1O. The molecule has 1 saturated heterocycles. The molecule has 0 bridgehead atoms. The summed E-state index contributed by atoms with van der Waals surface area (Å²) < 4.78 is 45.5. The van der Waals surface area contributed by atoms with Gasteiger partial charge in [0.2, 0.25) is 0 Å². The molecule has 14 heteroatoms. The van der Waals surface area contributed by atoms with Crippen molar-refractivity contribution in [3.8, 4) is 11.3 Å². The van der Waals surface area contributed by atoms with Gasteiger partial charge in [0, 0.05) is 26.5 Å². The maximum Gasteiger partial charge on any atom is 0.434 e. The number of ether oxygens (including phenoxy) is 1. The number of nitrogens with zero attached hydrogens (tertiary/aromatic N) is 4. The van der Waals surface area contributed by atoms with Gasteiger partial charge in [-0.2, -0.15) is 24.5 Å². The largest absolute Gasteiger partial charge is 0.434 e. The van der Waals surface area contributed by atoms with Crippen LogP contribution in [-0.2, 0) is 10.9 Å². The van der Waals surface area contributed by atoms with Gasteiger partial charge in [0.25, 0.3) is 0 Å².